The van der Waals surface area contributed by atoms with Gasteiger partial charge >= 0.3 is 0 Å². The van der Waals surface area contributed by atoms with E-state index >= 15 is 0 Å². The zero-order valence-electron chi connectivity index (χ0n) is 15.5. The minimum Gasteiger partial charge on any atom is -0.325 e. The van der Waals surface area contributed by atoms with Crippen LogP contribution in [0.3, 0.4) is 0 Å². The smallest absolute Gasteiger partial charge is 0.241 e. The minimum atomic E-state index is -0.329. The quantitative estimate of drug-likeness (QED) is 0.780. The van der Waals surface area contributed by atoms with Gasteiger partial charge in [-0.3, -0.25) is 14.5 Å². The molecular weight excluding hydrogens is 343 g/mol. The third-order valence-corrected chi connectivity index (χ3v) is 5.20. The van der Waals surface area contributed by atoms with E-state index in [1.807, 2.05) is 37.3 Å². The maximum Gasteiger partial charge on any atom is 0.241 e. The van der Waals surface area contributed by atoms with Crippen LogP contribution in [0.15, 0.2) is 54.6 Å². The summed E-state index contributed by atoms with van der Waals surface area (Å²) >= 11 is 0. The van der Waals surface area contributed by atoms with Crippen LogP contribution < -0.4 is 5.32 Å². The van der Waals surface area contributed by atoms with Gasteiger partial charge in [-0.05, 0) is 56.6 Å². The molecule has 2 aromatic carbocycles. The van der Waals surface area contributed by atoms with Gasteiger partial charge in [0, 0.05) is 17.2 Å². The third-order valence-electron chi connectivity index (χ3n) is 5.20. The van der Waals surface area contributed by atoms with Crippen molar-refractivity contribution in [1.29, 1.82) is 0 Å². The van der Waals surface area contributed by atoms with E-state index in [9.17, 15) is 14.0 Å². The van der Waals surface area contributed by atoms with Gasteiger partial charge < -0.3 is 5.32 Å². The van der Waals surface area contributed by atoms with E-state index in [0.717, 1.165) is 31.5 Å². The Hall–Kier alpha value is -2.53. The molecule has 2 aromatic rings. The fraction of sp³-hybridized carbons (Fsp3) is 0.364. The number of carbonyl (C=O) groups excluding carboxylic acids is 2. The number of likely N-dealkylation sites (tertiary alicyclic amines) is 1. The maximum absolute atomic E-state index is 13.0. The van der Waals surface area contributed by atoms with Crippen LogP contribution in [-0.2, 0) is 4.79 Å². The Morgan fingerprint density at radius 1 is 1.07 bits per heavy atom. The molecule has 1 heterocycles. The standard InChI is InChI=1S/C22H25FN2O2/c1-2-20(22(27)24-19-10-8-18(23)9-11-19)25-14-12-17(13-15-25)21(26)16-6-4-3-5-7-16/h3-11,17,20H,2,12-15H2,1H3,(H,24,27). The lowest BCUT2D eigenvalue weighted by atomic mass is 9.88. The first-order valence-corrected chi connectivity index (χ1v) is 9.48. The molecule has 0 radical (unpaired) electrons. The lowest BCUT2D eigenvalue weighted by molar-refractivity contribution is -0.121. The number of rotatable bonds is 6. The molecule has 3 rings (SSSR count). The Balaban J connectivity index is 1.57. The largest absolute Gasteiger partial charge is 0.325 e. The van der Waals surface area contributed by atoms with E-state index in [-0.39, 0.29) is 29.5 Å². The predicted molar refractivity (Wildman–Crippen MR) is 104 cm³/mol. The summed E-state index contributed by atoms with van der Waals surface area (Å²) in [5.74, 6) is -0.206. The molecule has 1 atom stereocenters. The number of Topliss-reactive ketones (excluding diaryl/α,β-unsaturated/α-hetero) is 1. The second-order valence-corrected chi connectivity index (χ2v) is 6.96. The number of piperidine rings is 1. The van der Waals surface area contributed by atoms with Crippen LogP contribution in [0, 0.1) is 11.7 Å². The monoisotopic (exact) mass is 368 g/mol. The Bertz CT molecular complexity index is 769. The van der Waals surface area contributed by atoms with Crippen molar-refractivity contribution in [3.05, 3.63) is 66.0 Å². The second kappa shape index (κ2) is 8.91. The first-order valence-electron chi connectivity index (χ1n) is 9.48. The first-order chi connectivity index (χ1) is 13.1. The Kier molecular flexibility index (Phi) is 6.35. The average Bonchev–Trinajstić information content (AvgIpc) is 2.71. The molecule has 4 nitrogen and oxygen atoms in total. The summed E-state index contributed by atoms with van der Waals surface area (Å²) in [6.45, 7) is 3.42. The summed E-state index contributed by atoms with van der Waals surface area (Å²) in [4.78, 5) is 27.4. The normalized spacial score (nSPS) is 16.7. The number of carbonyl (C=O) groups is 2. The molecule has 1 saturated heterocycles. The van der Waals surface area contributed by atoms with Crippen LogP contribution in [0.4, 0.5) is 10.1 Å². The molecule has 1 aliphatic rings. The van der Waals surface area contributed by atoms with Crippen molar-refractivity contribution in [1.82, 2.24) is 4.90 Å². The molecule has 5 heteroatoms. The number of hydrogen-bond donors (Lipinski definition) is 1. The lowest BCUT2D eigenvalue weighted by Crippen LogP contribution is -2.48. The van der Waals surface area contributed by atoms with Gasteiger partial charge in [-0.2, -0.15) is 0 Å². The van der Waals surface area contributed by atoms with Crippen LogP contribution in [0.1, 0.15) is 36.5 Å². The number of anilines is 1. The van der Waals surface area contributed by atoms with Crippen molar-refractivity contribution in [2.24, 2.45) is 5.92 Å². The zero-order valence-corrected chi connectivity index (χ0v) is 15.5. The number of amides is 1. The number of nitrogens with one attached hydrogen (secondary N) is 1. The molecule has 1 unspecified atom stereocenters. The van der Waals surface area contributed by atoms with Crippen molar-refractivity contribution >= 4 is 17.4 Å². The Labute approximate surface area is 159 Å². The van der Waals surface area contributed by atoms with E-state index in [1.54, 1.807) is 12.1 Å². The number of halogens is 1. The second-order valence-electron chi connectivity index (χ2n) is 6.96. The molecule has 0 bridgehead atoms. The summed E-state index contributed by atoms with van der Waals surface area (Å²) < 4.78 is 13.0. The fourth-order valence-electron chi connectivity index (χ4n) is 3.68. The molecule has 0 aromatic heterocycles. The third kappa shape index (κ3) is 4.80. The molecule has 0 aliphatic carbocycles. The highest BCUT2D eigenvalue weighted by atomic mass is 19.1. The molecule has 0 spiro atoms. The van der Waals surface area contributed by atoms with E-state index in [2.05, 4.69) is 10.2 Å². The van der Waals surface area contributed by atoms with Gasteiger partial charge in [-0.1, -0.05) is 37.3 Å². The van der Waals surface area contributed by atoms with Gasteiger partial charge in [0.2, 0.25) is 5.91 Å². The number of benzene rings is 2. The predicted octanol–water partition coefficient (Wildman–Crippen LogP) is 4.14. The van der Waals surface area contributed by atoms with Gasteiger partial charge in [-0.25, -0.2) is 4.39 Å². The Morgan fingerprint density at radius 3 is 2.30 bits per heavy atom. The van der Waals surface area contributed by atoms with Crippen LogP contribution in [0.25, 0.3) is 0 Å². The summed E-state index contributed by atoms with van der Waals surface area (Å²) in [7, 11) is 0. The van der Waals surface area contributed by atoms with Crippen molar-refractivity contribution in [3.63, 3.8) is 0 Å². The number of hydrogen-bond acceptors (Lipinski definition) is 3. The minimum absolute atomic E-state index is 0.0151. The number of ketones is 1. The van der Waals surface area contributed by atoms with E-state index in [0.29, 0.717) is 12.1 Å². The van der Waals surface area contributed by atoms with Crippen molar-refractivity contribution < 1.29 is 14.0 Å². The van der Waals surface area contributed by atoms with Crippen LogP contribution in [-0.4, -0.2) is 35.7 Å². The average molecular weight is 368 g/mol. The van der Waals surface area contributed by atoms with Gasteiger partial charge in [0.05, 0.1) is 6.04 Å². The molecular formula is C22H25FN2O2. The lowest BCUT2D eigenvalue weighted by Gasteiger charge is -2.36. The molecule has 1 fully saturated rings. The van der Waals surface area contributed by atoms with Gasteiger partial charge in [0.1, 0.15) is 5.82 Å². The van der Waals surface area contributed by atoms with Crippen LogP contribution in [0.2, 0.25) is 0 Å². The zero-order chi connectivity index (χ0) is 19.2. The van der Waals surface area contributed by atoms with Crippen LogP contribution >= 0.6 is 0 Å². The Morgan fingerprint density at radius 2 is 1.70 bits per heavy atom. The van der Waals surface area contributed by atoms with Crippen molar-refractivity contribution in [2.45, 2.75) is 32.2 Å². The fourth-order valence-corrected chi connectivity index (χ4v) is 3.68. The van der Waals surface area contributed by atoms with E-state index < -0.39 is 0 Å². The molecule has 27 heavy (non-hydrogen) atoms. The summed E-state index contributed by atoms with van der Waals surface area (Å²) in [6.07, 6.45) is 2.20. The van der Waals surface area contributed by atoms with Gasteiger partial charge in [0.25, 0.3) is 0 Å². The molecule has 1 amide bonds. The number of nitrogens with zero attached hydrogens (tertiary/aromatic N) is 1. The molecule has 0 saturated carbocycles. The molecule has 1 aliphatic heterocycles. The summed E-state index contributed by atoms with van der Waals surface area (Å²) in [5.41, 5.74) is 1.35. The highest BCUT2D eigenvalue weighted by Crippen LogP contribution is 2.24. The highest BCUT2D eigenvalue weighted by molar-refractivity contribution is 5.98. The molecule has 142 valence electrons. The first kappa shape index (κ1) is 19.2. The summed E-state index contributed by atoms with van der Waals surface area (Å²) in [6, 6.07) is 14.9. The van der Waals surface area contributed by atoms with Crippen molar-refractivity contribution in [2.75, 3.05) is 18.4 Å². The maximum atomic E-state index is 13.0. The van der Waals surface area contributed by atoms with Crippen molar-refractivity contribution in [3.8, 4) is 0 Å². The molecule has 1 N–H and O–H groups in total. The topological polar surface area (TPSA) is 49.4 Å². The van der Waals surface area contributed by atoms with Crippen LogP contribution in [0.5, 0.6) is 0 Å². The van der Waals surface area contributed by atoms with Gasteiger partial charge in [0.15, 0.2) is 5.78 Å². The SMILES string of the molecule is CCC(C(=O)Nc1ccc(F)cc1)N1CCC(C(=O)c2ccccc2)CC1. The summed E-state index contributed by atoms with van der Waals surface area (Å²) in [5, 5.41) is 2.86. The van der Waals surface area contributed by atoms with E-state index in [1.165, 1.54) is 12.1 Å². The highest BCUT2D eigenvalue weighted by Gasteiger charge is 2.31. The van der Waals surface area contributed by atoms with Gasteiger partial charge in [-0.15, -0.1) is 0 Å². The van der Waals surface area contributed by atoms with E-state index in [4.69, 9.17) is 0 Å².